The summed E-state index contributed by atoms with van der Waals surface area (Å²) in [7, 11) is 1.16. The predicted octanol–water partition coefficient (Wildman–Crippen LogP) is 3.97. The fraction of sp³-hybridized carbons (Fsp3) is 0.130. The molecule has 0 fully saturated rings. The number of hydrogen-bond donors (Lipinski definition) is 2. The van der Waals surface area contributed by atoms with Gasteiger partial charge in [-0.2, -0.15) is 18.3 Å². The number of aliphatic hydroxyl groups is 1. The number of nitrogens with zero attached hydrogens (tertiary/aromatic N) is 3. The fourth-order valence-corrected chi connectivity index (χ4v) is 3.25. The summed E-state index contributed by atoms with van der Waals surface area (Å²) in [6, 6.07) is 12.8. The molecule has 34 heavy (non-hydrogen) atoms. The molecule has 0 unspecified atom stereocenters. The van der Waals surface area contributed by atoms with E-state index < -0.39 is 29.4 Å². The van der Waals surface area contributed by atoms with Gasteiger partial charge in [0.15, 0.2) is 0 Å². The Balaban J connectivity index is 1.72. The molecular weight excluding hydrogens is 453 g/mol. The number of aliphatic hydroxyl groups excluding tert-OH is 1. The van der Waals surface area contributed by atoms with Crippen LogP contribution in [0.3, 0.4) is 0 Å². The van der Waals surface area contributed by atoms with Crippen LogP contribution >= 0.6 is 0 Å². The van der Waals surface area contributed by atoms with E-state index in [1.807, 2.05) is 0 Å². The lowest BCUT2D eigenvalue weighted by Gasteiger charge is -2.11. The second-order valence-electron chi connectivity index (χ2n) is 7.21. The minimum absolute atomic E-state index is 0.0266. The molecule has 4 aromatic rings. The van der Waals surface area contributed by atoms with Crippen molar-refractivity contribution >= 4 is 28.5 Å². The largest absolute Gasteiger partial charge is 0.465 e. The maximum Gasteiger partial charge on any atom is 0.433 e. The quantitative estimate of drug-likeness (QED) is 0.428. The summed E-state index contributed by atoms with van der Waals surface area (Å²) >= 11 is 0. The van der Waals surface area contributed by atoms with Gasteiger partial charge in [-0.1, -0.05) is 18.2 Å². The SMILES string of the molecule is COC(=O)c1cc2nn(-c3ccc(CO)cc3)cc2cc1NC(=O)c1cccc(C(F)(F)F)n1. The van der Waals surface area contributed by atoms with Crippen molar-refractivity contribution < 1.29 is 32.6 Å². The Morgan fingerprint density at radius 2 is 1.85 bits per heavy atom. The molecule has 0 aliphatic heterocycles. The van der Waals surface area contributed by atoms with Gasteiger partial charge in [-0.05, 0) is 42.0 Å². The molecule has 0 aliphatic carbocycles. The van der Waals surface area contributed by atoms with E-state index in [2.05, 4.69) is 15.4 Å². The monoisotopic (exact) mass is 470 g/mol. The number of benzene rings is 2. The zero-order valence-corrected chi connectivity index (χ0v) is 17.6. The maximum atomic E-state index is 13.0. The van der Waals surface area contributed by atoms with Crippen molar-refractivity contribution in [1.29, 1.82) is 0 Å². The summed E-state index contributed by atoms with van der Waals surface area (Å²) in [6.07, 6.45) is -3.06. The molecule has 8 nitrogen and oxygen atoms in total. The van der Waals surface area contributed by atoms with E-state index in [9.17, 15) is 27.9 Å². The molecule has 0 atom stereocenters. The van der Waals surface area contributed by atoms with Gasteiger partial charge in [-0.25, -0.2) is 14.5 Å². The van der Waals surface area contributed by atoms with Gasteiger partial charge in [0.1, 0.15) is 11.4 Å². The highest BCUT2D eigenvalue weighted by molar-refractivity contribution is 6.09. The van der Waals surface area contributed by atoms with Crippen LogP contribution in [-0.4, -0.2) is 38.9 Å². The first-order chi connectivity index (χ1) is 16.2. The van der Waals surface area contributed by atoms with Gasteiger partial charge < -0.3 is 15.2 Å². The highest BCUT2D eigenvalue weighted by atomic mass is 19.4. The van der Waals surface area contributed by atoms with Gasteiger partial charge in [0, 0.05) is 11.6 Å². The maximum absolute atomic E-state index is 13.0. The number of ether oxygens (including phenoxy) is 1. The van der Waals surface area contributed by atoms with E-state index in [0.29, 0.717) is 16.6 Å². The van der Waals surface area contributed by atoms with Crippen LogP contribution in [-0.2, 0) is 17.5 Å². The minimum atomic E-state index is -4.71. The number of carbonyl (C=O) groups is 2. The van der Waals surface area contributed by atoms with Gasteiger partial charge in [0.05, 0.1) is 36.2 Å². The summed E-state index contributed by atoms with van der Waals surface area (Å²) in [4.78, 5) is 28.3. The number of amides is 1. The highest BCUT2D eigenvalue weighted by Gasteiger charge is 2.33. The summed E-state index contributed by atoms with van der Waals surface area (Å²) in [5.74, 6) is -1.70. The molecule has 0 bridgehead atoms. The molecule has 0 saturated carbocycles. The van der Waals surface area contributed by atoms with Crippen LogP contribution in [0.4, 0.5) is 18.9 Å². The number of nitrogens with one attached hydrogen (secondary N) is 1. The van der Waals surface area contributed by atoms with Gasteiger partial charge in [-0.15, -0.1) is 0 Å². The van der Waals surface area contributed by atoms with E-state index in [-0.39, 0.29) is 17.9 Å². The third-order valence-electron chi connectivity index (χ3n) is 4.95. The Hall–Kier alpha value is -4.25. The Kier molecular flexibility index (Phi) is 6.03. The standard InChI is InChI=1S/C23H17F3N4O4/c1-34-22(33)16-10-18-14(11-30(29-18)15-7-5-13(12-31)6-8-15)9-19(16)28-21(32)17-3-2-4-20(27-17)23(24,25)26/h2-11,31H,12H2,1H3,(H,28,32). The van der Waals surface area contributed by atoms with Crippen molar-refractivity contribution in [1.82, 2.24) is 14.8 Å². The molecule has 174 valence electrons. The molecule has 1 amide bonds. The van der Waals surface area contributed by atoms with Gasteiger partial charge in [-0.3, -0.25) is 4.79 Å². The third kappa shape index (κ3) is 4.59. The molecule has 2 aromatic carbocycles. The second-order valence-corrected chi connectivity index (χ2v) is 7.21. The number of pyridine rings is 1. The van der Waals surface area contributed by atoms with Crippen LogP contribution in [0, 0.1) is 0 Å². The first kappa shape index (κ1) is 22.9. The molecular formula is C23H17F3N4O4. The molecule has 0 saturated heterocycles. The first-order valence-corrected chi connectivity index (χ1v) is 9.87. The molecule has 2 heterocycles. The van der Waals surface area contributed by atoms with Gasteiger partial charge in [0.2, 0.25) is 0 Å². The number of aromatic nitrogens is 3. The molecule has 2 N–H and O–H groups in total. The van der Waals surface area contributed by atoms with Crippen molar-refractivity contribution in [3.8, 4) is 5.69 Å². The number of esters is 1. The highest BCUT2D eigenvalue weighted by Crippen LogP contribution is 2.28. The van der Waals surface area contributed by atoms with E-state index in [0.717, 1.165) is 30.9 Å². The van der Waals surface area contributed by atoms with Crippen molar-refractivity contribution in [3.05, 3.63) is 83.3 Å². The summed E-state index contributed by atoms with van der Waals surface area (Å²) in [5, 5.41) is 16.6. The van der Waals surface area contributed by atoms with Crippen molar-refractivity contribution in [2.24, 2.45) is 0 Å². The predicted molar refractivity (Wildman–Crippen MR) is 116 cm³/mol. The second kappa shape index (κ2) is 8.94. The van der Waals surface area contributed by atoms with Crippen LogP contribution in [0.5, 0.6) is 0 Å². The average Bonchev–Trinajstić information content (AvgIpc) is 3.25. The first-order valence-electron chi connectivity index (χ1n) is 9.87. The van der Waals surface area contributed by atoms with E-state index in [1.54, 1.807) is 35.1 Å². The number of carbonyl (C=O) groups excluding carboxylic acids is 2. The normalized spacial score (nSPS) is 11.4. The molecule has 0 spiro atoms. The zero-order valence-electron chi connectivity index (χ0n) is 17.6. The third-order valence-corrected chi connectivity index (χ3v) is 4.95. The van der Waals surface area contributed by atoms with Crippen molar-refractivity contribution in [2.45, 2.75) is 12.8 Å². The van der Waals surface area contributed by atoms with Crippen LogP contribution < -0.4 is 5.32 Å². The lowest BCUT2D eigenvalue weighted by Crippen LogP contribution is -2.18. The van der Waals surface area contributed by atoms with Crippen LogP contribution in [0.2, 0.25) is 0 Å². The number of fused-ring (bicyclic) bond motifs is 1. The Bertz CT molecular complexity index is 1380. The van der Waals surface area contributed by atoms with E-state index in [1.165, 1.54) is 12.1 Å². The summed E-state index contributed by atoms with van der Waals surface area (Å²) < 4.78 is 45.2. The number of methoxy groups -OCH3 is 1. The molecule has 11 heteroatoms. The lowest BCUT2D eigenvalue weighted by atomic mass is 10.1. The number of anilines is 1. The summed E-state index contributed by atoms with van der Waals surface area (Å²) in [5.41, 5.74) is 0.146. The molecule has 2 aromatic heterocycles. The van der Waals surface area contributed by atoms with Crippen LogP contribution in [0.25, 0.3) is 16.6 Å². The molecule has 0 aliphatic rings. The zero-order chi connectivity index (χ0) is 24.5. The smallest absolute Gasteiger partial charge is 0.433 e. The van der Waals surface area contributed by atoms with Crippen molar-refractivity contribution in [2.75, 3.05) is 12.4 Å². The van der Waals surface area contributed by atoms with E-state index in [4.69, 9.17) is 4.74 Å². The van der Waals surface area contributed by atoms with Crippen LogP contribution in [0.15, 0.2) is 60.8 Å². The molecule has 0 radical (unpaired) electrons. The summed E-state index contributed by atoms with van der Waals surface area (Å²) in [6.45, 7) is -0.104. The van der Waals surface area contributed by atoms with Gasteiger partial charge in [0.25, 0.3) is 5.91 Å². The number of alkyl halides is 3. The van der Waals surface area contributed by atoms with Crippen LogP contribution in [0.1, 0.15) is 32.1 Å². The van der Waals surface area contributed by atoms with Crippen molar-refractivity contribution in [3.63, 3.8) is 0 Å². The number of halogens is 3. The Morgan fingerprint density at radius 3 is 2.50 bits per heavy atom. The topological polar surface area (TPSA) is 106 Å². The van der Waals surface area contributed by atoms with E-state index >= 15 is 0 Å². The fourth-order valence-electron chi connectivity index (χ4n) is 3.25. The Morgan fingerprint density at radius 1 is 1.12 bits per heavy atom. The average molecular weight is 470 g/mol. The minimum Gasteiger partial charge on any atom is -0.465 e. The number of hydrogen-bond acceptors (Lipinski definition) is 6. The lowest BCUT2D eigenvalue weighted by molar-refractivity contribution is -0.141. The number of rotatable bonds is 5. The Labute approximate surface area is 190 Å². The van der Waals surface area contributed by atoms with Gasteiger partial charge >= 0.3 is 12.1 Å². The molecule has 4 rings (SSSR count).